The topological polar surface area (TPSA) is 54.3 Å². The third kappa shape index (κ3) is 4.50. The molecule has 0 radical (unpaired) electrons. The SMILES string of the molecule is CCCOc1ccc(C2C(=C(/C)CC)/C(=N\C)C(=O)N2c2ccc3c(c2)N=CCCC3)cc1. The fraction of sp³-hybridized carbons (Fsp3) is 0.393. The highest BCUT2D eigenvalue weighted by Crippen LogP contribution is 2.43. The van der Waals surface area contributed by atoms with Gasteiger partial charge in [0.05, 0.1) is 18.3 Å². The number of carbonyl (C=O) groups excluding carboxylic acids is 1. The molecule has 0 spiro atoms. The van der Waals surface area contributed by atoms with E-state index in [0.717, 1.165) is 60.4 Å². The fourth-order valence-electron chi connectivity index (χ4n) is 4.58. The molecule has 2 aliphatic heterocycles. The normalized spacial score (nSPS) is 20.7. The molecule has 33 heavy (non-hydrogen) atoms. The number of ether oxygens (including phenoxy) is 1. The van der Waals surface area contributed by atoms with Gasteiger partial charge < -0.3 is 4.74 Å². The van der Waals surface area contributed by atoms with Crippen molar-refractivity contribution in [1.29, 1.82) is 0 Å². The monoisotopic (exact) mass is 443 g/mol. The molecule has 5 nitrogen and oxygen atoms in total. The Hall–Kier alpha value is -3.21. The van der Waals surface area contributed by atoms with Crippen molar-refractivity contribution in [1.82, 2.24) is 0 Å². The number of carbonyl (C=O) groups is 1. The van der Waals surface area contributed by atoms with Crippen molar-refractivity contribution in [2.24, 2.45) is 9.98 Å². The summed E-state index contributed by atoms with van der Waals surface area (Å²) in [5.41, 5.74) is 6.82. The first-order chi connectivity index (χ1) is 16.1. The molecule has 0 bridgehead atoms. The van der Waals surface area contributed by atoms with Crippen molar-refractivity contribution in [2.45, 2.75) is 58.9 Å². The summed E-state index contributed by atoms with van der Waals surface area (Å²) in [5.74, 6) is 0.784. The Labute approximate surface area is 196 Å². The van der Waals surface area contributed by atoms with Crippen LogP contribution in [-0.4, -0.2) is 31.5 Å². The van der Waals surface area contributed by atoms with E-state index >= 15 is 0 Å². The standard InChI is InChI=1S/C28H33N3O2/c1-5-17-33-23-14-11-21(12-15-23)27-25(19(3)6-2)26(29-4)28(32)31(27)22-13-10-20-9-7-8-16-30-24(20)18-22/h10-16,18,27H,5-9,17H2,1-4H3/b25-19-,29-26+. The molecular weight excluding hydrogens is 410 g/mol. The van der Waals surface area contributed by atoms with Crippen LogP contribution in [0.2, 0.25) is 0 Å². The minimum atomic E-state index is -0.232. The number of hydrogen-bond donors (Lipinski definition) is 0. The lowest BCUT2D eigenvalue weighted by Gasteiger charge is -2.27. The number of allylic oxidation sites excluding steroid dienone is 1. The van der Waals surface area contributed by atoms with E-state index in [1.807, 2.05) is 23.2 Å². The zero-order chi connectivity index (χ0) is 23.4. The number of anilines is 1. The van der Waals surface area contributed by atoms with Gasteiger partial charge in [-0.25, -0.2) is 0 Å². The van der Waals surface area contributed by atoms with Crippen molar-refractivity contribution < 1.29 is 9.53 Å². The van der Waals surface area contributed by atoms with Gasteiger partial charge in [0.15, 0.2) is 0 Å². The van der Waals surface area contributed by atoms with E-state index in [1.165, 1.54) is 11.1 Å². The smallest absolute Gasteiger partial charge is 0.277 e. The lowest BCUT2D eigenvalue weighted by atomic mass is 9.93. The second-order valence-corrected chi connectivity index (χ2v) is 8.63. The summed E-state index contributed by atoms with van der Waals surface area (Å²) >= 11 is 0. The van der Waals surface area contributed by atoms with Crippen molar-refractivity contribution >= 4 is 29.2 Å². The summed E-state index contributed by atoms with van der Waals surface area (Å²) in [6, 6.07) is 14.1. The first-order valence-corrected chi connectivity index (χ1v) is 12.0. The maximum atomic E-state index is 13.7. The molecule has 1 fully saturated rings. The molecule has 2 aliphatic rings. The Kier molecular flexibility index (Phi) is 7.07. The van der Waals surface area contributed by atoms with Crippen LogP contribution in [0.3, 0.4) is 0 Å². The second kappa shape index (κ2) is 10.2. The molecule has 0 N–H and O–H groups in total. The number of rotatable bonds is 6. The van der Waals surface area contributed by atoms with Crippen LogP contribution in [0, 0.1) is 0 Å². The average Bonchev–Trinajstić information content (AvgIpc) is 2.97. The van der Waals surface area contributed by atoms with Crippen molar-refractivity contribution in [3.05, 3.63) is 64.7 Å². The fourth-order valence-corrected chi connectivity index (χ4v) is 4.58. The van der Waals surface area contributed by atoms with Crippen LogP contribution in [0.25, 0.3) is 0 Å². The van der Waals surface area contributed by atoms with Gasteiger partial charge in [0.2, 0.25) is 0 Å². The highest BCUT2D eigenvalue weighted by atomic mass is 16.5. The third-order valence-electron chi connectivity index (χ3n) is 6.45. The Morgan fingerprint density at radius 3 is 2.67 bits per heavy atom. The maximum Gasteiger partial charge on any atom is 0.277 e. The minimum Gasteiger partial charge on any atom is -0.494 e. The summed E-state index contributed by atoms with van der Waals surface area (Å²) in [6.45, 7) is 7.01. The van der Waals surface area contributed by atoms with Gasteiger partial charge in [0.25, 0.3) is 5.91 Å². The predicted octanol–water partition coefficient (Wildman–Crippen LogP) is 6.40. The van der Waals surface area contributed by atoms with Gasteiger partial charge in [-0.3, -0.25) is 19.7 Å². The number of aryl methyl sites for hydroxylation is 1. The Bertz CT molecular complexity index is 1110. The number of hydrogen-bond acceptors (Lipinski definition) is 4. The summed E-state index contributed by atoms with van der Waals surface area (Å²) < 4.78 is 5.79. The average molecular weight is 444 g/mol. The first kappa shape index (κ1) is 23.0. The van der Waals surface area contributed by atoms with E-state index in [2.05, 4.69) is 61.1 Å². The van der Waals surface area contributed by atoms with Gasteiger partial charge in [0, 0.05) is 24.5 Å². The molecule has 2 aromatic rings. The van der Waals surface area contributed by atoms with E-state index in [4.69, 9.17) is 4.74 Å². The van der Waals surface area contributed by atoms with Gasteiger partial charge in [-0.15, -0.1) is 0 Å². The Morgan fingerprint density at radius 1 is 1.18 bits per heavy atom. The molecule has 0 saturated carbocycles. The molecule has 1 atom stereocenters. The van der Waals surface area contributed by atoms with Gasteiger partial charge in [-0.1, -0.05) is 37.6 Å². The quantitative estimate of drug-likeness (QED) is 0.519. The Balaban J connectivity index is 1.83. The molecule has 2 aromatic carbocycles. The van der Waals surface area contributed by atoms with E-state index in [1.54, 1.807) is 7.05 Å². The minimum absolute atomic E-state index is 0.0610. The molecule has 4 rings (SSSR count). The number of benzene rings is 2. The lowest BCUT2D eigenvalue weighted by molar-refractivity contribution is -0.112. The van der Waals surface area contributed by atoms with E-state index < -0.39 is 0 Å². The van der Waals surface area contributed by atoms with Crippen LogP contribution in [-0.2, 0) is 11.2 Å². The lowest BCUT2D eigenvalue weighted by Crippen LogP contribution is -2.29. The number of aliphatic imine (C=N–C) groups is 2. The van der Waals surface area contributed by atoms with Crippen LogP contribution in [0.4, 0.5) is 11.4 Å². The number of amides is 1. The maximum absolute atomic E-state index is 13.7. The summed E-state index contributed by atoms with van der Waals surface area (Å²) in [7, 11) is 1.71. The molecule has 1 saturated heterocycles. The summed E-state index contributed by atoms with van der Waals surface area (Å²) in [6.07, 6.45) is 6.90. The molecule has 0 aliphatic carbocycles. The largest absolute Gasteiger partial charge is 0.494 e. The summed E-state index contributed by atoms with van der Waals surface area (Å²) in [5, 5.41) is 0. The molecule has 2 heterocycles. The zero-order valence-corrected chi connectivity index (χ0v) is 20.1. The molecule has 172 valence electrons. The van der Waals surface area contributed by atoms with E-state index in [9.17, 15) is 4.79 Å². The molecular formula is C28H33N3O2. The molecule has 1 amide bonds. The van der Waals surface area contributed by atoms with Gasteiger partial charge in [-0.2, -0.15) is 0 Å². The molecule has 0 aromatic heterocycles. The predicted molar refractivity (Wildman–Crippen MR) is 136 cm³/mol. The van der Waals surface area contributed by atoms with Crippen LogP contribution in [0.1, 0.15) is 63.6 Å². The van der Waals surface area contributed by atoms with Crippen molar-refractivity contribution in [2.75, 3.05) is 18.6 Å². The van der Waals surface area contributed by atoms with E-state index in [0.29, 0.717) is 12.3 Å². The zero-order valence-electron chi connectivity index (χ0n) is 20.1. The molecule has 1 unspecified atom stereocenters. The van der Waals surface area contributed by atoms with Crippen molar-refractivity contribution in [3.63, 3.8) is 0 Å². The van der Waals surface area contributed by atoms with Gasteiger partial charge in [-0.05, 0) is 74.4 Å². The van der Waals surface area contributed by atoms with Crippen LogP contribution in [0.15, 0.2) is 63.6 Å². The van der Waals surface area contributed by atoms with Crippen LogP contribution in [0.5, 0.6) is 5.75 Å². The Morgan fingerprint density at radius 2 is 1.97 bits per heavy atom. The van der Waals surface area contributed by atoms with E-state index in [-0.39, 0.29) is 11.9 Å². The molecule has 5 heteroatoms. The third-order valence-corrected chi connectivity index (χ3v) is 6.45. The van der Waals surface area contributed by atoms with Crippen LogP contribution >= 0.6 is 0 Å². The van der Waals surface area contributed by atoms with Crippen LogP contribution < -0.4 is 9.64 Å². The van der Waals surface area contributed by atoms with Gasteiger partial charge >= 0.3 is 0 Å². The van der Waals surface area contributed by atoms with Crippen molar-refractivity contribution in [3.8, 4) is 5.75 Å². The first-order valence-electron chi connectivity index (χ1n) is 12.0. The summed E-state index contributed by atoms with van der Waals surface area (Å²) in [4.78, 5) is 24.7. The highest BCUT2D eigenvalue weighted by molar-refractivity contribution is 6.53. The second-order valence-electron chi connectivity index (χ2n) is 8.63. The number of nitrogens with zero attached hydrogens (tertiary/aromatic N) is 3. The van der Waals surface area contributed by atoms with Gasteiger partial charge in [0.1, 0.15) is 11.5 Å². The highest BCUT2D eigenvalue weighted by Gasteiger charge is 2.43. The number of fused-ring (bicyclic) bond motifs is 1.